The summed E-state index contributed by atoms with van der Waals surface area (Å²) in [6.07, 6.45) is 0. The van der Waals surface area contributed by atoms with Gasteiger partial charge in [-0.25, -0.2) is 9.59 Å². The second kappa shape index (κ2) is 8.09. The van der Waals surface area contributed by atoms with Crippen LogP contribution in [0.25, 0.3) is 0 Å². The average molecular weight is 290 g/mol. The Kier molecular flexibility index (Phi) is 6.46. The summed E-state index contributed by atoms with van der Waals surface area (Å²) in [5.74, 6) is -0.448. The van der Waals surface area contributed by atoms with Gasteiger partial charge in [-0.05, 0) is 32.9 Å². The molecule has 0 atom stereocenters. The van der Waals surface area contributed by atoms with Gasteiger partial charge >= 0.3 is 12.0 Å². The molecule has 0 heterocycles. The van der Waals surface area contributed by atoms with Crippen molar-refractivity contribution < 1.29 is 14.3 Å². The van der Waals surface area contributed by atoms with Gasteiger partial charge in [0.1, 0.15) is 0 Å². The molecule has 0 aliphatic carbocycles. The largest absolute Gasteiger partial charge is 0.462 e. The van der Waals surface area contributed by atoms with Crippen molar-refractivity contribution in [2.24, 2.45) is 0 Å². The van der Waals surface area contributed by atoms with Crippen molar-refractivity contribution in [3.63, 3.8) is 0 Å². The van der Waals surface area contributed by atoms with E-state index >= 15 is 0 Å². The van der Waals surface area contributed by atoms with Crippen LogP contribution in [0.3, 0.4) is 0 Å². The van der Waals surface area contributed by atoms with Crippen LogP contribution in [0, 0.1) is 0 Å². The van der Waals surface area contributed by atoms with Crippen LogP contribution in [0.15, 0.2) is 36.4 Å². The van der Waals surface area contributed by atoms with E-state index in [1.54, 1.807) is 36.1 Å². The highest BCUT2D eigenvalue weighted by molar-refractivity contribution is 6.00. The molecule has 0 bridgehead atoms. The number of rotatable bonds is 6. The van der Waals surface area contributed by atoms with E-state index in [1.165, 1.54) is 0 Å². The zero-order valence-electron chi connectivity index (χ0n) is 12.8. The van der Waals surface area contributed by atoms with Crippen LogP contribution in [0.1, 0.15) is 31.1 Å². The summed E-state index contributed by atoms with van der Waals surface area (Å²) in [5, 5.41) is 2.75. The number of likely N-dealkylation sites (N-methyl/N-ethyl adjacent to an activating group) is 1. The van der Waals surface area contributed by atoms with E-state index in [9.17, 15) is 9.59 Å². The SMILES string of the molecule is C=C(C)CN(CC)C(=O)Nc1ccccc1C(=O)OCC. The fourth-order valence-electron chi connectivity index (χ4n) is 1.83. The van der Waals surface area contributed by atoms with Crippen molar-refractivity contribution in [1.82, 2.24) is 4.90 Å². The van der Waals surface area contributed by atoms with E-state index in [-0.39, 0.29) is 12.6 Å². The van der Waals surface area contributed by atoms with Gasteiger partial charge in [0.25, 0.3) is 0 Å². The standard InChI is InChI=1S/C16H22N2O3/c1-5-18(11-12(3)4)16(20)17-14-10-8-7-9-13(14)15(19)21-6-2/h7-10H,3,5-6,11H2,1-2,4H3,(H,17,20). The van der Waals surface area contributed by atoms with Crippen molar-refractivity contribution in [1.29, 1.82) is 0 Å². The number of amides is 2. The summed E-state index contributed by atoms with van der Waals surface area (Å²) < 4.78 is 4.98. The monoisotopic (exact) mass is 290 g/mol. The average Bonchev–Trinajstić information content (AvgIpc) is 2.45. The maximum absolute atomic E-state index is 12.2. The number of esters is 1. The highest BCUT2D eigenvalue weighted by atomic mass is 16.5. The molecular weight excluding hydrogens is 268 g/mol. The fraction of sp³-hybridized carbons (Fsp3) is 0.375. The minimum Gasteiger partial charge on any atom is -0.462 e. The molecule has 1 N–H and O–H groups in total. The maximum atomic E-state index is 12.2. The predicted molar refractivity (Wildman–Crippen MR) is 83.5 cm³/mol. The summed E-state index contributed by atoms with van der Waals surface area (Å²) in [6.45, 7) is 10.6. The Bertz CT molecular complexity index is 526. The summed E-state index contributed by atoms with van der Waals surface area (Å²) >= 11 is 0. The van der Waals surface area contributed by atoms with Gasteiger partial charge in [-0.2, -0.15) is 0 Å². The number of para-hydroxylation sites is 1. The van der Waals surface area contributed by atoms with Crippen molar-refractivity contribution in [3.8, 4) is 0 Å². The van der Waals surface area contributed by atoms with E-state index < -0.39 is 5.97 Å². The molecule has 0 aromatic heterocycles. The van der Waals surface area contributed by atoms with Gasteiger partial charge in [0.15, 0.2) is 0 Å². The molecule has 0 aliphatic rings. The lowest BCUT2D eigenvalue weighted by molar-refractivity contribution is 0.0527. The normalized spacial score (nSPS) is 9.86. The molecule has 1 rings (SSSR count). The summed E-state index contributed by atoms with van der Waals surface area (Å²) in [6, 6.07) is 6.53. The van der Waals surface area contributed by atoms with E-state index in [0.717, 1.165) is 5.57 Å². The molecule has 114 valence electrons. The number of carbonyl (C=O) groups excluding carboxylic acids is 2. The first-order valence-corrected chi connectivity index (χ1v) is 6.96. The maximum Gasteiger partial charge on any atom is 0.340 e. The third-order valence-corrected chi connectivity index (χ3v) is 2.79. The first kappa shape index (κ1) is 16.8. The van der Waals surface area contributed by atoms with Gasteiger partial charge in [-0.1, -0.05) is 24.3 Å². The molecule has 5 nitrogen and oxygen atoms in total. The second-order valence-electron chi connectivity index (χ2n) is 4.67. The van der Waals surface area contributed by atoms with E-state index in [2.05, 4.69) is 11.9 Å². The number of hydrogen-bond acceptors (Lipinski definition) is 3. The van der Waals surface area contributed by atoms with Crippen molar-refractivity contribution in [2.45, 2.75) is 20.8 Å². The van der Waals surface area contributed by atoms with Gasteiger partial charge in [0, 0.05) is 13.1 Å². The molecule has 21 heavy (non-hydrogen) atoms. The van der Waals surface area contributed by atoms with E-state index in [1.807, 2.05) is 13.8 Å². The van der Waals surface area contributed by atoms with Crippen LogP contribution in [-0.2, 0) is 4.74 Å². The number of anilines is 1. The Morgan fingerprint density at radius 1 is 1.29 bits per heavy atom. The fourth-order valence-corrected chi connectivity index (χ4v) is 1.83. The Balaban J connectivity index is 2.89. The minimum atomic E-state index is -0.448. The third kappa shape index (κ3) is 4.95. The first-order valence-electron chi connectivity index (χ1n) is 6.96. The van der Waals surface area contributed by atoms with Crippen molar-refractivity contribution in [2.75, 3.05) is 25.0 Å². The number of nitrogens with zero attached hydrogens (tertiary/aromatic N) is 1. The van der Waals surface area contributed by atoms with E-state index in [4.69, 9.17) is 4.74 Å². The molecule has 0 saturated heterocycles. The predicted octanol–water partition coefficient (Wildman–Crippen LogP) is 3.29. The minimum absolute atomic E-state index is 0.266. The summed E-state index contributed by atoms with van der Waals surface area (Å²) in [5.41, 5.74) is 1.69. The van der Waals surface area contributed by atoms with E-state index in [0.29, 0.717) is 24.3 Å². The summed E-state index contributed by atoms with van der Waals surface area (Å²) in [4.78, 5) is 25.7. The Morgan fingerprint density at radius 2 is 1.95 bits per heavy atom. The van der Waals surface area contributed by atoms with Crippen LogP contribution >= 0.6 is 0 Å². The Hall–Kier alpha value is -2.30. The second-order valence-corrected chi connectivity index (χ2v) is 4.67. The van der Waals surface area contributed by atoms with Gasteiger partial charge < -0.3 is 15.0 Å². The van der Waals surface area contributed by atoms with Gasteiger partial charge in [-0.15, -0.1) is 0 Å². The Labute approximate surface area is 125 Å². The van der Waals surface area contributed by atoms with Crippen LogP contribution in [0.4, 0.5) is 10.5 Å². The molecular formula is C16H22N2O3. The highest BCUT2D eigenvalue weighted by Gasteiger charge is 2.16. The van der Waals surface area contributed by atoms with Crippen LogP contribution < -0.4 is 5.32 Å². The lowest BCUT2D eigenvalue weighted by Gasteiger charge is -2.22. The van der Waals surface area contributed by atoms with Crippen LogP contribution in [-0.4, -0.2) is 36.6 Å². The number of ether oxygens (including phenoxy) is 1. The van der Waals surface area contributed by atoms with Crippen LogP contribution in [0.2, 0.25) is 0 Å². The number of urea groups is 1. The molecule has 0 spiro atoms. The lowest BCUT2D eigenvalue weighted by Crippen LogP contribution is -2.36. The lowest BCUT2D eigenvalue weighted by atomic mass is 10.2. The quantitative estimate of drug-likeness (QED) is 0.646. The molecule has 2 amide bonds. The topological polar surface area (TPSA) is 58.6 Å². The van der Waals surface area contributed by atoms with Gasteiger partial charge in [-0.3, -0.25) is 0 Å². The number of hydrogen-bond donors (Lipinski definition) is 1. The zero-order chi connectivity index (χ0) is 15.8. The molecule has 0 aliphatic heterocycles. The van der Waals surface area contributed by atoms with Gasteiger partial charge in [0.2, 0.25) is 0 Å². The number of nitrogens with one attached hydrogen (secondary N) is 1. The van der Waals surface area contributed by atoms with Crippen molar-refractivity contribution in [3.05, 3.63) is 42.0 Å². The number of benzene rings is 1. The Morgan fingerprint density at radius 3 is 2.52 bits per heavy atom. The van der Waals surface area contributed by atoms with Crippen molar-refractivity contribution >= 4 is 17.7 Å². The molecule has 0 saturated carbocycles. The van der Waals surface area contributed by atoms with Gasteiger partial charge in [0.05, 0.1) is 17.9 Å². The first-order chi connectivity index (χ1) is 9.99. The summed E-state index contributed by atoms with van der Waals surface area (Å²) in [7, 11) is 0. The molecule has 1 aromatic carbocycles. The highest BCUT2D eigenvalue weighted by Crippen LogP contribution is 2.17. The molecule has 5 heteroatoms. The molecule has 0 radical (unpaired) electrons. The third-order valence-electron chi connectivity index (χ3n) is 2.79. The molecule has 1 aromatic rings. The molecule has 0 fully saturated rings. The smallest absolute Gasteiger partial charge is 0.340 e. The zero-order valence-corrected chi connectivity index (χ0v) is 12.8. The molecule has 0 unspecified atom stereocenters. The number of carbonyl (C=O) groups is 2. The van der Waals surface area contributed by atoms with Crippen LogP contribution in [0.5, 0.6) is 0 Å².